The molecule has 0 amide bonds. The molecule has 4 atom stereocenters. The summed E-state index contributed by atoms with van der Waals surface area (Å²) in [7, 11) is -2.06. The number of rotatable bonds is 12. The van der Waals surface area contributed by atoms with Crippen molar-refractivity contribution in [2.45, 2.75) is 103 Å². The number of aliphatic hydroxyl groups is 1. The van der Waals surface area contributed by atoms with E-state index in [-0.39, 0.29) is 23.0 Å². The molecule has 0 unspecified atom stereocenters. The Labute approximate surface area is 390 Å². The number of aliphatic hydroxyl groups excluding tert-OH is 1. The number of nitrogens with zero attached hydrogens (tertiary/aromatic N) is 6. The number of H-pyrrole nitrogens is 2. The zero-order valence-electron chi connectivity index (χ0n) is 37.9. The van der Waals surface area contributed by atoms with Crippen LogP contribution in [-0.4, -0.2) is 56.0 Å². The Morgan fingerprint density at radius 2 is 1.14 bits per heavy atom. The first-order valence-corrected chi connectivity index (χ1v) is 25.0. The van der Waals surface area contributed by atoms with Gasteiger partial charge in [0.25, 0.3) is 0 Å². The first-order chi connectivity index (χ1) is 30.9. The summed E-state index contributed by atoms with van der Waals surface area (Å²) in [6.07, 6.45) is 4.01. The van der Waals surface area contributed by atoms with E-state index >= 15 is 0 Å². The Bertz CT molecular complexity index is 3060. The largest absolute Gasteiger partial charge is 0.420 e. The topological polar surface area (TPSA) is 148 Å². The van der Waals surface area contributed by atoms with Crippen molar-refractivity contribution < 1.29 is 18.4 Å². The highest BCUT2D eigenvalue weighted by Gasteiger charge is 2.41. The summed E-state index contributed by atoms with van der Waals surface area (Å²) in [4.78, 5) is 13.3. The van der Waals surface area contributed by atoms with E-state index in [1.165, 1.54) is 0 Å². The SMILES string of the molecule is [C-]#[N+]c1ccc(C[C@@H](c2nnc(-c3ccc4[nH]ccc4c3)o2)[C@H](C)O)c(C)c1Cl.[C-]#[N+]c1ccc(C[C@@H](c2nnc(-c3ccc4[nH]ccc4c3)o2)[C@H](C)O[Si](C)(C)C(C)(C)C)c(C)c1Cl. The molecule has 0 saturated carbocycles. The van der Waals surface area contributed by atoms with Gasteiger partial charge in [-0.25, -0.2) is 9.69 Å². The van der Waals surface area contributed by atoms with Gasteiger partial charge in [0.15, 0.2) is 8.32 Å². The fourth-order valence-corrected chi connectivity index (χ4v) is 9.43. The van der Waals surface area contributed by atoms with Crippen molar-refractivity contribution in [1.82, 2.24) is 30.4 Å². The van der Waals surface area contributed by atoms with Crippen molar-refractivity contribution >= 4 is 64.7 Å². The summed E-state index contributed by atoms with van der Waals surface area (Å²) < 4.78 is 19.0. The van der Waals surface area contributed by atoms with Crippen molar-refractivity contribution in [3.63, 3.8) is 0 Å². The first kappa shape index (κ1) is 46.9. The number of hydrogen-bond donors (Lipinski definition) is 3. The number of halogens is 2. The molecule has 0 aliphatic heterocycles. The number of fused-ring (bicyclic) bond motifs is 2. The number of aromatic nitrogens is 6. The lowest BCUT2D eigenvalue weighted by Gasteiger charge is -2.40. The summed E-state index contributed by atoms with van der Waals surface area (Å²) in [5, 5.41) is 30.8. The lowest BCUT2D eigenvalue weighted by atomic mass is 9.92. The van der Waals surface area contributed by atoms with Gasteiger partial charge in [-0.1, -0.05) is 68.2 Å². The molecule has 8 aromatic rings. The van der Waals surface area contributed by atoms with Crippen LogP contribution in [0.15, 0.2) is 94.0 Å². The average molecular weight is 928 g/mol. The van der Waals surface area contributed by atoms with Crippen LogP contribution in [0.4, 0.5) is 11.4 Å². The van der Waals surface area contributed by atoms with Gasteiger partial charge in [-0.15, -0.1) is 20.4 Å². The van der Waals surface area contributed by atoms with Crippen molar-refractivity contribution in [3.05, 3.63) is 152 Å². The Morgan fingerprint density at radius 3 is 1.57 bits per heavy atom. The first-order valence-electron chi connectivity index (χ1n) is 21.4. The van der Waals surface area contributed by atoms with Crippen molar-refractivity contribution in [2.24, 2.45) is 0 Å². The van der Waals surface area contributed by atoms with Crippen LogP contribution in [0, 0.1) is 27.0 Å². The van der Waals surface area contributed by atoms with Gasteiger partial charge < -0.3 is 28.3 Å². The summed E-state index contributed by atoms with van der Waals surface area (Å²) in [6.45, 7) is 33.4. The number of nitrogens with one attached hydrogen (secondary N) is 2. The number of aromatic amines is 2. The summed E-state index contributed by atoms with van der Waals surface area (Å²) >= 11 is 12.8. The van der Waals surface area contributed by atoms with E-state index in [0.29, 0.717) is 57.8 Å². The van der Waals surface area contributed by atoms with Gasteiger partial charge >= 0.3 is 0 Å². The Balaban J connectivity index is 0.000000198. The molecule has 4 aromatic carbocycles. The van der Waals surface area contributed by atoms with E-state index in [4.69, 9.17) is 49.6 Å². The average Bonchev–Trinajstić information content (AvgIpc) is 4.12. The van der Waals surface area contributed by atoms with E-state index in [0.717, 1.165) is 55.2 Å². The van der Waals surface area contributed by atoms with Gasteiger partial charge in [-0.3, -0.25) is 0 Å². The van der Waals surface area contributed by atoms with Gasteiger partial charge in [0.2, 0.25) is 34.9 Å². The molecule has 15 heteroatoms. The van der Waals surface area contributed by atoms with Crippen molar-refractivity contribution in [2.75, 3.05) is 0 Å². The van der Waals surface area contributed by atoms with E-state index in [1.54, 1.807) is 19.1 Å². The molecule has 4 heterocycles. The third kappa shape index (κ3) is 10.1. The molecule has 65 heavy (non-hydrogen) atoms. The molecular formula is C50H52Cl2N8O4Si. The maximum Gasteiger partial charge on any atom is 0.247 e. The van der Waals surface area contributed by atoms with Crippen molar-refractivity contribution in [1.29, 1.82) is 0 Å². The monoisotopic (exact) mass is 926 g/mol. The van der Waals surface area contributed by atoms with E-state index in [1.807, 2.05) is 86.9 Å². The van der Waals surface area contributed by atoms with E-state index in [9.17, 15) is 5.11 Å². The highest BCUT2D eigenvalue weighted by molar-refractivity contribution is 6.74. The molecule has 0 fully saturated rings. The molecule has 0 spiro atoms. The van der Waals surface area contributed by atoms with Gasteiger partial charge in [-0.05, 0) is 129 Å². The van der Waals surface area contributed by atoms with Crippen LogP contribution in [0.1, 0.15) is 80.5 Å². The molecule has 0 aliphatic carbocycles. The van der Waals surface area contributed by atoms with Gasteiger partial charge in [0.05, 0.1) is 47.2 Å². The predicted molar refractivity (Wildman–Crippen MR) is 260 cm³/mol. The maximum absolute atomic E-state index is 10.4. The minimum absolute atomic E-state index is 0.0638. The number of benzene rings is 4. The lowest BCUT2D eigenvalue weighted by Crippen LogP contribution is -2.44. The Morgan fingerprint density at radius 1 is 0.692 bits per heavy atom. The van der Waals surface area contributed by atoms with Crippen LogP contribution >= 0.6 is 23.2 Å². The van der Waals surface area contributed by atoms with Crippen LogP contribution in [0.3, 0.4) is 0 Å². The van der Waals surface area contributed by atoms with Crippen LogP contribution in [0.25, 0.3) is 54.4 Å². The maximum atomic E-state index is 10.4. The van der Waals surface area contributed by atoms with Crippen LogP contribution < -0.4 is 0 Å². The second-order valence-electron chi connectivity index (χ2n) is 18.0. The van der Waals surface area contributed by atoms with Crippen LogP contribution in [-0.2, 0) is 17.3 Å². The fourth-order valence-electron chi connectivity index (χ4n) is 7.53. The molecule has 8 rings (SSSR count). The minimum atomic E-state index is -2.06. The molecule has 0 radical (unpaired) electrons. The van der Waals surface area contributed by atoms with Crippen LogP contribution in [0.2, 0.25) is 28.2 Å². The molecule has 0 aliphatic rings. The van der Waals surface area contributed by atoms with E-state index < -0.39 is 14.4 Å². The van der Waals surface area contributed by atoms with Gasteiger partial charge in [0.1, 0.15) is 0 Å². The normalized spacial score (nSPS) is 13.8. The lowest BCUT2D eigenvalue weighted by molar-refractivity contribution is 0.148. The zero-order chi connectivity index (χ0) is 46.8. The summed E-state index contributed by atoms with van der Waals surface area (Å²) in [5.41, 5.74) is 8.35. The summed E-state index contributed by atoms with van der Waals surface area (Å²) in [6, 6.07) is 23.2. The molecule has 12 nitrogen and oxygen atoms in total. The van der Waals surface area contributed by atoms with Crippen molar-refractivity contribution in [3.8, 4) is 22.9 Å². The smallest absolute Gasteiger partial charge is 0.247 e. The fraction of sp³-hybridized carbons (Fsp3) is 0.320. The molecule has 4 aromatic heterocycles. The predicted octanol–water partition coefficient (Wildman–Crippen LogP) is 13.9. The van der Waals surface area contributed by atoms with Crippen LogP contribution in [0.5, 0.6) is 0 Å². The standard InChI is InChI=1S/C28H33ClN4O2Si.C22H19ClN4O2/c1-17-19(9-12-24(30-6)25(17)29)16-22(18(2)35-36(7,8)28(3,4)5)27-33-32-26(34-27)21-10-11-23-20(15-21)13-14-31-23;1-12-14(4-7-19(24-3)20(12)23)11-17(13(2)28)22-27-26-21(29-22)16-5-6-18-15(10-16)8-9-25-18/h9-15,18,22,31H,16H2,1-5,7-8H3;4-10,13,17,25,28H,11H2,1-2H3/t18-,22+;13-,17+/m00/s1. The zero-order valence-corrected chi connectivity index (χ0v) is 40.4. The highest BCUT2D eigenvalue weighted by atomic mass is 35.5. The molecule has 3 N–H and O–H groups in total. The summed E-state index contributed by atoms with van der Waals surface area (Å²) in [5.74, 6) is 1.23. The van der Waals surface area contributed by atoms with Gasteiger partial charge in [0, 0.05) is 45.3 Å². The van der Waals surface area contributed by atoms with E-state index in [2.05, 4.69) is 80.8 Å². The third-order valence-corrected chi connectivity index (χ3v) is 18.2. The molecule has 334 valence electrons. The Kier molecular flexibility index (Phi) is 13.8. The minimum Gasteiger partial charge on any atom is -0.420 e. The molecule has 0 saturated heterocycles. The quantitative estimate of drug-likeness (QED) is 0.0810. The van der Waals surface area contributed by atoms with Gasteiger partial charge in [-0.2, -0.15) is 0 Å². The molecule has 0 bridgehead atoms. The number of hydrogen-bond acceptors (Lipinski definition) is 8. The second kappa shape index (κ2) is 19.2. The molecular weight excluding hydrogens is 876 g/mol. The second-order valence-corrected chi connectivity index (χ2v) is 23.5. The third-order valence-electron chi connectivity index (χ3n) is 12.6. The highest BCUT2D eigenvalue weighted by Crippen LogP contribution is 2.41. The Hall–Kier alpha value is -6.06.